The number of pyridine rings is 1. The highest BCUT2D eigenvalue weighted by Gasteiger charge is 2.02. The topological polar surface area (TPSA) is 15.9 Å². The molecule has 1 heterocycles. The molecule has 0 saturated carbocycles. The first kappa shape index (κ1) is 7.92. The zero-order chi connectivity index (χ0) is 8.10. The van der Waals surface area contributed by atoms with Crippen LogP contribution in [0.2, 0.25) is 0 Å². The van der Waals surface area contributed by atoms with Crippen molar-refractivity contribution < 1.29 is 4.58 Å². The van der Waals surface area contributed by atoms with E-state index in [1.54, 1.807) is 6.20 Å². The molecule has 0 radical (unpaired) electrons. The molecule has 1 rings (SSSR count). The van der Waals surface area contributed by atoms with Crippen molar-refractivity contribution in [3.63, 3.8) is 0 Å². The molecule has 0 aliphatic rings. The van der Waals surface area contributed by atoms with Gasteiger partial charge in [0.15, 0.2) is 0 Å². The van der Waals surface area contributed by atoms with Gasteiger partial charge in [-0.15, -0.1) is 0 Å². The molecule has 58 valence electrons. The fourth-order valence-corrected chi connectivity index (χ4v) is 0.925. The SMILES string of the molecule is C=[N+](CCC)c1ccccn1. The average molecular weight is 149 g/mol. The highest BCUT2D eigenvalue weighted by Crippen LogP contribution is 2.03. The number of aromatic nitrogens is 1. The van der Waals surface area contributed by atoms with E-state index in [1.807, 2.05) is 22.8 Å². The Bertz CT molecular complexity index is 229. The Morgan fingerprint density at radius 2 is 2.36 bits per heavy atom. The summed E-state index contributed by atoms with van der Waals surface area (Å²) in [5, 5.41) is 0. The lowest BCUT2D eigenvalue weighted by molar-refractivity contribution is -0.435. The summed E-state index contributed by atoms with van der Waals surface area (Å²) in [6.07, 6.45) is 2.88. The zero-order valence-corrected chi connectivity index (χ0v) is 6.83. The smallest absolute Gasteiger partial charge is 0.238 e. The summed E-state index contributed by atoms with van der Waals surface area (Å²) in [5.41, 5.74) is 0. The van der Waals surface area contributed by atoms with Gasteiger partial charge in [0, 0.05) is 6.07 Å². The van der Waals surface area contributed by atoms with Crippen molar-refractivity contribution in [2.24, 2.45) is 0 Å². The summed E-state index contributed by atoms with van der Waals surface area (Å²) in [4.78, 5) is 4.16. The van der Waals surface area contributed by atoms with Crippen LogP contribution in [-0.4, -0.2) is 22.8 Å². The van der Waals surface area contributed by atoms with Crippen LogP contribution in [0.5, 0.6) is 0 Å². The minimum absolute atomic E-state index is 0.939. The summed E-state index contributed by atoms with van der Waals surface area (Å²) in [6.45, 7) is 6.95. The van der Waals surface area contributed by atoms with Gasteiger partial charge in [-0.1, -0.05) is 13.0 Å². The predicted molar refractivity (Wildman–Crippen MR) is 46.4 cm³/mol. The Hall–Kier alpha value is -1.18. The standard InChI is InChI=1S/C9H13N2/c1-3-8-11(2)9-6-4-5-7-10-9/h4-7H,2-3,8H2,1H3/q+1. The van der Waals surface area contributed by atoms with E-state index >= 15 is 0 Å². The normalized spacial score (nSPS) is 9.55. The van der Waals surface area contributed by atoms with Crippen molar-refractivity contribution in [1.29, 1.82) is 0 Å². The van der Waals surface area contributed by atoms with Crippen LogP contribution in [0.4, 0.5) is 5.82 Å². The van der Waals surface area contributed by atoms with Crippen molar-refractivity contribution in [3.05, 3.63) is 24.4 Å². The zero-order valence-electron chi connectivity index (χ0n) is 6.83. The molecule has 0 fully saturated rings. The van der Waals surface area contributed by atoms with Gasteiger partial charge < -0.3 is 0 Å². The van der Waals surface area contributed by atoms with Crippen LogP contribution in [-0.2, 0) is 0 Å². The van der Waals surface area contributed by atoms with Crippen LogP contribution in [0, 0.1) is 0 Å². The molecule has 0 aromatic carbocycles. The minimum atomic E-state index is 0.939. The Labute approximate surface area is 67.2 Å². The highest BCUT2D eigenvalue weighted by molar-refractivity contribution is 5.25. The van der Waals surface area contributed by atoms with Crippen LogP contribution in [0.1, 0.15) is 13.3 Å². The van der Waals surface area contributed by atoms with Crippen molar-refractivity contribution in [2.75, 3.05) is 6.54 Å². The number of rotatable bonds is 3. The molecule has 0 aliphatic carbocycles. The van der Waals surface area contributed by atoms with Gasteiger partial charge in [-0.05, 0) is 17.5 Å². The van der Waals surface area contributed by atoms with Gasteiger partial charge in [-0.3, -0.25) is 0 Å². The van der Waals surface area contributed by atoms with E-state index in [1.165, 1.54) is 0 Å². The van der Waals surface area contributed by atoms with E-state index in [2.05, 4.69) is 18.6 Å². The lowest BCUT2D eigenvalue weighted by atomic mass is 10.4. The van der Waals surface area contributed by atoms with E-state index < -0.39 is 0 Å². The van der Waals surface area contributed by atoms with Gasteiger partial charge in [-0.2, -0.15) is 0 Å². The maximum atomic E-state index is 4.16. The van der Waals surface area contributed by atoms with Crippen LogP contribution in [0.25, 0.3) is 0 Å². The molecule has 2 heteroatoms. The Morgan fingerprint density at radius 3 is 2.91 bits per heavy atom. The van der Waals surface area contributed by atoms with E-state index in [-0.39, 0.29) is 0 Å². The fourth-order valence-electron chi connectivity index (χ4n) is 0.925. The Balaban J connectivity index is 2.69. The van der Waals surface area contributed by atoms with Crippen LogP contribution in [0.15, 0.2) is 24.4 Å². The first-order valence-corrected chi connectivity index (χ1v) is 3.83. The monoisotopic (exact) mass is 149 g/mol. The molecule has 0 amide bonds. The molecule has 1 aromatic rings. The van der Waals surface area contributed by atoms with Crippen molar-refractivity contribution >= 4 is 12.5 Å². The molecule has 0 spiro atoms. The average Bonchev–Trinajstić information content (AvgIpc) is 2.07. The van der Waals surface area contributed by atoms with Gasteiger partial charge in [0.25, 0.3) is 0 Å². The van der Waals surface area contributed by atoms with Gasteiger partial charge in [0.05, 0.1) is 13.3 Å². The molecular formula is C9H13N2+. The molecule has 0 bridgehead atoms. The molecule has 0 atom stereocenters. The molecule has 1 aromatic heterocycles. The molecule has 11 heavy (non-hydrogen) atoms. The summed E-state index contributed by atoms with van der Waals surface area (Å²) < 4.78 is 1.90. The second-order valence-electron chi connectivity index (χ2n) is 2.45. The lowest BCUT2D eigenvalue weighted by Gasteiger charge is -1.96. The molecular weight excluding hydrogens is 136 g/mol. The summed E-state index contributed by atoms with van der Waals surface area (Å²) in [7, 11) is 0. The number of hydrogen-bond acceptors (Lipinski definition) is 1. The van der Waals surface area contributed by atoms with E-state index in [4.69, 9.17) is 0 Å². The Morgan fingerprint density at radius 1 is 1.55 bits per heavy atom. The van der Waals surface area contributed by atoms with Crippen molar-refractivity contribution in [2.45, 2.75) is 13.3 Å². The number of nitrogens with zero attached hydrogens (tertiary/aromatic N) is 2. The second kappa shape index (κ2) is 3.86. The summed E-state index contributed by atoms with van der Waals surface area (Å²) >= 11 is 0. The van der Waals surface area contributed by atoms with Crippen molar-refractivity contribution in [1.82, 2.24) is 4.98 Å². The van der Waals surface area contributed by atoms with Gasteiger partial charge in [0.1, 0.15) is 6.20 Å². The van der Waals surface area contributed by atoms with Crippen LogP contribution < -0.4 is 0 Å². The fraction of sp³-hybridized carbons (Fsp3) is 0.333. The molecule has 0 saturated heterocycles. The summed E-state index contributed by atoms with van der Waals surface area (Å²) in [6, 6.07) is 5.84. The van der Waals surface area contributed by atoms with Gasteiger partial charge >= 0.3 is 5.82 Å². The third-order valence-electron chi connectivity index (χ3n) is 1.47. The lowest BCUT2D eigenvalue weighted by Crippen LogP contribution is -2.04. The Kier molecular flexibility index (Phi) is 2.78. The van der Waals surface area contributed by atoms with E-state index in [0.717, 1.165) is 18.8 Å². The third-order valence-corrected chi connectivity index (χ3v) is 1.47. The summed E-state index contributed by atoms with van der Waals surface area (Å²) in [5.74, 6) is 0.939. The quantitative estimate of drug-likeness (QED) is 0.473. The third kappa shape index (κ3) is 2.15. The predicted octanol–water partition coefficient (Wildman–Crippen LogP) is 1.84. The number of hydrogen-bond donors (Lipinski definition) is 0. The highest BCUT2D eigenvalue weighted by atomic mass is 15.1. The van der Waals surface area contributed by atoms with Gasteiger partial charge in [-0.25, -0.2) is 4.58 Å². The first-order chi connectivity index (χ1) is 5.34. The van der Waals surface area contributed by atoms with E-state index in [9.17, 15) is 0 Å². The molecule has 0 unspecified atom stereocenters. The van der Waals surface area contributed by atoms with Crippen molar-refractivity contribution in [3.8, 4) is 0 Å². The maximum Gasteiger partial charge on any atom is 0.322 e. The first-order valence-electron chi connectivity index (χ1n) is 3.83. The minimum Gasteiger partial charge on any atom is -0.238 e. The largest absolute Gasteiger partial charge is 0.322 e. The van der Waals surface area contributed by atoms with E-state index in [0.29, 0.717) is 0 Å². The maximum absolute atomic E-state index is 4.16. The second-order valence-corrected chi connectivity index (χ2v) is 2.45. The molecule has 0 aliphatic heterocycles. The van der Waals surface area contributed by atoms with Crippen LogP contribution >= 0.6 is 0 Å². The molecule has 0 N–H and O–H groups in total. The van der Waals surface area contributed by atoms with Crippen LogP contribution in [0.3, 0.4) is 0 Å². The molecule has 2 nitrogen and oxygen atoms in total. The van der Waals surface area contributed by atoms with Gasteiger partial charge in [0.2, 0.25) is 0 Å².